The Bertz CT molecular complexity index is 110. The van der Waals surface area contributed by atoms with Crippen LogP contribution in [0.5, 0.6) is 0 Å². The molecule has 0 radical (unpaired) electrons. The molecule has 0 N–H and O–H groups in total. The second kappa shape index (κ2) is 1.73. The van der Waals surface area contributed by atoms with Gasteiger partial charge in [0.2, 0.25) is 0 Å². The molecule has 0 aromatic rings. The Hall–Kier alpha value is -0.0151. The maximum atomic E-state index is 2.48. The average molecular weight is 124 g/mol. The van der Waals surface area contributed by atoms with Gasteiger partial charge in [-0.05, 0) is 13.5 Å². The number of rotatable bonds is 0. The maximum absolute atomic E-state index is 2.48. The second-order valence-corrected chi connectivity index (χ2v) is 3.42. The van der Waals surface area contributed by atoms with E-state index in [4.69, 9.17) is 0 Å². The molecule has 2 heterocycles. The van der Waals surface area contributed by atoms with Crippen molar-refractivity contribution in [3.8, 4) is 0 Å². The zero-order valence-corrected chi connectivity index (χ0v) is 6.17. The van der Waals surface area contributed by atoms with Crippen LogP contribution in [0.15, 0.2) is 0 Å². The number of fused-ring (bicyclic) bond motifs is 2. The van der Waals surface area contributed by atoms with Gasteiger partial charge in [0.15, 0.2) is 7.98 Å². The van der Waals surface area contributed by atoms with E-state index in [1.807, 2.05) is 0 Å². The lowest BCUT2D eigenvalue weighted by molar-refractivity contribution is 0.221. The third-order valence-corrected chi connectivity index (χ3v) is 2.79. The summed E-state index contributed by atoms with van der Waals surface area (Å²) < 4.78 is 0. The summed E-state index contributed by atoms with van der Waals surface area (Å²) in [6.07, 6.45) is 1.41. The highest BCUT2D eigenvalue weighted by Gasteiger charge is 2.38. The monoisotopic (exact) mass is 124 g/mol. The molecule has 2 fully saturated rings. The smallest absolute Gasteiger partial charge is 0.185 e. The fraction of sp³-hybridized carbons (Fsp3) is 1.00. The summed E-state index contributed by atoms with van der Waals surface area (Å²) in [5.41, 5.74) is 0. The predicted molar refractivity (Wildman–Crippen MR) is 40.1 cm³/mol. The van der Waals surface area contributed by atoms with E-state index in [1.165, 1.54) is 19.5 Å². The normalized spacial score (nSPS) is 44.6. The molecule has 0 aromatic carbocycles. The summed E-state index contributed by atoms with van der Waals surface area (Å²) in [6, 6.07) is 1.75. The number of piperazine rings is 1. The summed E-state index contributed by atoms with van der Waals surface area (Å²) in [5, 5.41) is 0. The SMILES string of the molecule is BN1CC2CC1CN2C. The first-order valence-corrected chi connectivity index (χ1v) is 3.68. The molecule has 50 valence electrons. The van der Waals surface area contributed by atoms with Gasteiger partial charge in [-0.15, -0.1) is 0 Å². The van der Waals surface area contributed by atoms with Crippen molar-refractivity contribution in [1.82, 2.24) is 9.71 Å². The summed E-state index contributed by atoms with van der Waals surface area (Å²) >= 11 is 0. The molecule has 2 bridgehead atoms. The first-order chi connectivity index (χ1) is 4.27. The van der Waals surface area contributed by atoms with Crippen LogP contribution in [0.4, 0.5) is 0 Å². The van der Waals surface area contributed by atoms with Gasteiger partial charge < -0.3 is 9.71 Å². The topological polar surface area (TPSA) is 6.48 Å². The van der Waals surface area contributed by atoms with Crippen molar-refractivity contribution < 1.29 is 0 Å². The quantitative estimate of drug-likeness (QED) is 0.379. The maximum Gasteiger partial charge on any atom is 0.185 e. The van der Waals surface area contributed by atoms with Crippen LogP contribution in [-0.2, 0) is 0 Å². The fourth-order valence-corrected chi connectivity index (χ4v) is 2.06. The first-order valence-electron chi connectivity index (χ1n) is 3.68. The Balaban J connectivity index is 2.10. The zero-order chi connectivity index (χ0) is 6.43. The van der Waals surface area contributed by atoms with Crippen molar-refractivity contribution in [2.75, 3.05) is 20.1 Å². The second-order valence-electron chi connectivity index (χ2n) is 3.42. The lowest BCUT2D eigenvalue weighted by Gasteiger charge is -2.28. The molecule has 9 heavy (non-hydrogen) atoms. The van der Waals surface area contributed by atoms with Gasteiger partial charge >= 0.3 is 0 Å². The van der Waals surface area contributed by atoms with E-state index in [0.29, 0.717) is 0 Å². The number of likely N-dealkylation sites (tertiary alicyclic amines) is 1. The van der Waals surface area contributed by atoms with Gasteiger partial charge in [0.05, 0.1) is 0 Å². The minimum atomic E-state index is 0.875. The number of likely N-dealkylation sites (N-methyl/N-ethyl adjacent to an activating group) is 1. The minimum absolute atomic E-state index is 0.875. The highest BCUT2D eigenvalue weighted by atomic mass is 15.3. The van der Waals surface area contributed by atoms with Crippen LogP contribution in [0.2, 0.25) is 0 Å². The van der Waals surface area contributed by atoms with E-state index in [-0.39, 0.29) is 0 Å². The number of hydrogen-bond donors (Lipinski definition) is 0. The largest absolute Gasteiger partial charge is 0.344 e. The Morgan fingerprint density at radius 2 is 2.11 bits per heavy atom. The first kappa shape index (κ1) is 5.75. The van der Waals surface area contributed by atoms with Crippen LogP contribution >= 0.6 is 0 Å². The van der Waals surface area contributed by atoms with E-state index in [1.54, 1.807) is 0 Å². The zero-order valence-electron chi connectivity index (χ0n) is 6.17. The molecule has 0 spiro atoms. The van der Waals surface area contributed by atoms with Crippen molar-refractivity contribution in [3.05, 3.63) is 0 Å². The Kier molecular flexibility index (Phi) is 1.11. The molecule has 0 aliphatic carbocycles. The summed E-state index contributed by atoms with van der Waals surface area (Å²) in [5.74, 6) is 0. The van der Waals surface area contributed by atoms with Gasteiger partial charge in [0, 0.05) is 25.2 Å². The van der Waals surface area contributed by atoms with Crippen LogP contribution in [0.3, 0.4) is 0 Å². The Labute approximate surface area is 57.2 Å². The summed E-state index contributed by atoms with van der Waals surface area (Å²) in [6.45, 7) is 2.59. The molecular weight excluding hydrogens is 111 g/mol. The molecule has 0 aromatic heterocycles. The van der Waals surface area contributed by atoms with Crippen molar-refractivity contribution in [3.63, 3.8) is 0 Å². The van der Waals surface area contributed by atoms with E-state index >= 15 is 0 Å². The lowest BCUT2D eigenvalue weighted by atomic mass is 10.2. The van der Waals surface area contributed by atoms with Crippen LogP contribution in [0, 0.1) is 0 Å². The highest BCUT2D eigenvalue weighted by Crippen LogP contribution is 2.26. The molecule has 2 nitrogen and oxygen atoms in total. The van der Waals surface area contributed by atoms with Gasteiger partial charge in [-0.25, -0.2) is 0 Å². The van der Waals surface area contributed by atoms with E-state index in [2.05, 4.69) is 24.7 Å². The summed E-state index contributed by atoms with van der Waals surface area (Å²) in [4.78, 5) is 4.95. The van der Waals surface area contributed by atoms with Gasteiger partial charge in [0.1, 0.15) is 0 Å². The Morgan fingerprint density at radius 3 is 2.44 bits per heavy atom. The third kappa shape index (κ3) is 0.716. The molecule has 2 atom stereocenters. The average Bonchev–Trinajstić information content (AvgIpc) is 2.24. The van der Waals surface area contributed by atoms with Gasteiger partial charge in [-0.1, -0.05) is 0 Å². The van der Waals surface area contributed by atoms with Gasteiger partial charge in [-0.2, -0.15) is 0 Å². The predicted octanol–water partition coefficient (Wildman–Crippen LogP) is -1.08. The van der Waals surface area contributed by atoms with E-state index in [9.17, 15) is 0 Å². The molecule has 2 aliphatic heterocycles. The van der Waals surface area contributed by atoms with Crippen molar-refractivity contribution >= 4 is 7.98 Å². The van der Waals surface area contributed by atoms with Crippen LogP contribution in [0.25, 0.3) is 0 Å². The van der Waals surface area contributed by atoms with Crippen molar-refractivity contribution in [2.45, 2.75) is 18.5 Å². The lowest BCUT2D eigenvalue weighted by Crippen LogP contribution is -2.42. The molecule has 2 aliphatic rings. The molecule has 0 saturated carbocycles. The minimum Gasteiger partial charge on any atom is -0.344 e. The summed E-state index contributed by atoms with van der Waals surface area (Å²) in [7, 11) is 4.47. The van der Waals surface area contributed by atoms with Gasteiger partial charge in [-0.3, -0.25) is 0 Å². The molecule has 2 rings (SSSR count). The van der Waals surface area contributed by atoms with E-state index < -0.39 is 0 Å². The molecule has 2 unspecified atom stereocenters. The van der Waals surface area contributed by atoms with Crippen molar-refractivity contribution in [2.24, 2.45) is 0 Å². The van der Waals surface area contributed by atoms with E-state index in [0.717, 1.165) is 12.1 Å². The van der Waals surface area contributed by atoms with Crippen LogP contribution in [-0.4, -0.2) is 49.9 Å². The van der Waals surface area contributed by atoms with Crippen LogP contribution in [0.1, 0.15) is 6.42 Å². The van der Waals surface area contributed by atoms with Gasteiger partial charge in [0.25, 0.3) is 0 Å². The van der Waals surface area contributed by atoms with Crippen molar-refractivity contribution in [1.29, 1.82) is 0 Å². The molecule has 0 amide bonds. The molecular formula is C6H13BN2. The van der Waals surface area contributed by atoms with Crippen LogP contribution < -0.4 is 0 Å². The standard InChI is InChI=1S/C6H13BN2/c1-8-3-6-2-5(8)4-9(6)7/h5-6H,2-4,7H2,1H3. The number of nitrogens with zero attached hydrogens (tertiary/aromatic N) is 2. The molecule has 3 heteroatoms. The molecule has 2 saturated heterocycles. The Morgan fingerprint density at radius 1 is 1.33 bits per heavy atom. The number of hydrogen-bond acceptors (Lipinski definition) is 2. The third-order valence-electron chi connectivity index (χ3n) is 2.79. The fourth-order valence-electron chi connectivity index (χ4n) is 2.06. The highest BCUT2D eigenvalue weighted by molar-refractivity contribution is 6.04.